The van der Waals surface area contributed by atoms with Crippen molar-refractivity contribution in [2.45, 2.75) is 39.2 Å². The number of carboxylic acids is 1. The molecule has 0 fully saturated rings. The number of aryl methyl sites for hydroxylation is 1. The van der Waals surface area contributed by atoms with Gasteiger partial charge in [-0.3, -0.25) is 0 Å². The third-order valence-corrected chi connectivity index (χ3v) is 3.10. The van der Waals surface area contributed by atoms with Crippen molar-refractivity contribution in [1.82, 2.24) is 5.32 Å². The lowest BCUT2D eigenvalue weighted by molar-refractivity contribution is -0.139. The van der Waals surface area contributed by atoms with E-state index in [1.807, 2.05) is 13.8 Å². The molecule has 1 aromatic carbocycles. The lowest BCUT2D eigenvalue weighted by Gasteiger charge is -2.15. The highest BCUT2D eigenvalue weighted by atomic mass is 16.5. The zero-order valence-corrected chi connectivity index (χ0v) is 12.6. The van der Waals surface area contributed by atoms with Crippen LogP contribution in [0.3, 0.4) is 0 Å². The van der Waals surface area contributed by atoms with Crippen LogP contribution in [0.2, 0.25) is 0 Å². The van der Waals surface area contributed by atoms with E-state index in [2.05, 4.69) is 10.6 Å². The number of benzene rings is 1. The number of carbonyl (C=O) groups excluding carboxylic acids is 1. The maximum Gasteiger partial charge on any atom is 0.326 e. The Morgan fingerprint density at radius 3 is 2.62 bits per heavy atom. The first-order valence-corrected chi connectivity index (χ1v) is 6.92. The molecule has 0 radical (unpaired) electrons. The molecule has 1 rings (SSSR count). The van der Waals surface area contributed by atoms with Crippen LogP contribution in [0.1, 0.15) is 31.7 Å². The average molecular weight is 294 g/mol. The number of aliphatic carboxylic acids is 1. The minimum Gasteiger partial charge on any atom is -0.496 e. The molecule has 21 heavy (non-hydrogen) atoms. The molecule has 0 bridgehead atoms. The van der Waals surface area contributed by atoms with Crippen molar-refractivity contribution >= 4 is 17.7 Å². The molecule has 2 amide bonds. The number of urea groups is 1. The quantitative estimate of drug-likeness (QED) is 0.721. The van der Waals surface area contributed by atoms with Crippen molar-refractivity contribution in [2.24, 2.45) is 0 Å². The second-order valence-electron chi connectivity index (χ2n) is 4.82. The summed E-state index contributed by atoms with van der Waals surface area (Å²) in [7, 11) is 1.58. The number of rotatable bonds is 7. The molecule has 116 valence electrons. The molecule has 0 aliphatic carbocycles. The third kappa shape index (κ3) is 5.33. The Kier molecular flexibility index (Phi) is 6.52. The first kappa shape index (κ1) is 16.8. The summed E-state index contributed by atoms with van der Waals surface area (Å²) in [5.41, 5.74) is 1.47. The van der Waals surface area contributed by atoms with Gasteiger partial charge in [0.25, 0.3) is 0 Å². The molecule has 6 nitrogen and oxygen atoms in total. The standard InChI is InChI=1S/C15H22N2O4/c1-4-5-6-12(14(18)19)17-15(20)16-11-7-8-13(21-3)10(2)9-11/h7-9,12H,4-6H2,1-3H3,(H,18,19)(H2,16,17,20)/t12-/m0/s1. The first-order valence-electron chi connectivity index (χ1n) is 6.92. The molecule has 0 saturated carbocycles. The molecular weight excluding hydrogens is 272 g/mol. The van der Waals surface area contributed by atoms with Gasteiger partial charge in [-0.25, -0.2) is 9.59 Å². The van der Waals surface area contributed by atoms with Crippen molar-refractivity contribution in [3.05, 3.63) is 23.8 Å². The number of unbranched alkanes of at least 4 members (excludes halogenated alkanes) is 1. The normalized spacial score (nSPS) is 11.6. The van der Waals surface area contributed by atoms with E-state index in [1.165, 1.54) is 0 Å². The molecule has 0 heterocycles. The Bertz CT molecular complexity index is 502. The zero-order valence-electron chi connectivity index (χ0n) is 12.6. The van der Waals surface area contributed by atoms with E-state index in [-0.39, 0.29) is 0 Å². The van der Waals surface area contributed by atoms with Gasteiger partial charge >= 0.3 is 12.0 Å². The predicted molar refractivity (Wildman–Crippen MR) is 80.8 cm³/mol. The van der Waals surface area contributed by atoms with Crippen LogP contribution in [0.25, 0.3) is 0 Å². The van der Waals surface area contributed by atoms with Crippen molar-refractivity contribution in [3.63, 3.8) is 0 Å². The van der Waals surface area contributed by atoms with Crippen molar-refractivity contribution < 1.29 is 19.4 Å². The second-order valence-corrected chi connectivity index (χ2v) is 4.82. The summed E-state index contributed by atoms with van der Waals surface area (Å²) >= 11 is 0. The molecule has 0 aromatic heterocycles. The molecule has 0 saturated heterocycles. The summed E-state index contributed by atoms with van der Waals surface area (Å²) in [6.45, 7) is 3.84. The van der Waals surface area contributed by atoms with E-state index in [0.717, 1.165) is 24.2 Å². The molecule has 3 N–H and O–H groups in total. The molecule has 0 spiro atoms. The number of hydrogen-bond acceptors (Lipinski definition) is 3. The van der Waals surface area contributed by atoms with E-state index >= 15 is 0 Å². The maximum atomic E-state index is 11.8. The third-order valence-electron chi connectivity index (χ3n) is 3.10. The van der Waals surface area contributed by atoms with Crippen LogP contribution in [-0.4, -0.2) is 30.3 Å². The minimum absolute atomic E-state index is 0.418. The number of hydrogen-bond donors (Lipinski definition) is 3. The van der Waals surface area contributed by atoms with Gasteiger partial charge in [-0.2, -0.15) is 0 Å². The van der Waals surface area contributed by atoms with Gasteiger partial charge in [0.1, 0.15) is 11.8 Å². The molecule has 0 aliphatic rings. The fraction of sp³-hybridized carbons (Fsp3) is 0.467. The number of methoxy groups -OCH3 is 1. The van der Waals surface area contributed by atoms with Gasteiger partial charge in [0.15, 0.2) is 0 Å². The van der Waals surface area contributed by atoms with Crippen LogP contribution in [0.5, 0.6) is 5.75 Å². The number of nitrogens with one attached hydrogen (secondary N) is 2. The molecule has 6 heteroatoms. The zero-order chi connectivity index (χ0) is 15.8. The summed E-state index contributed by atoms with van der Waals surface area (Å²) < 4.78 is 5.14. The maximum absolute atomic E-state index is 11.8. The van der Waals surface area contributed by atoms with E-state index in [9.17, 15) is 9.59 Å². The van der Waals surface area contributed by atoms with E-state index in [4.69, 9.17) is 9.84 Å². The molecule has 0 aliphatic heterocycles. The highest BCUT2D eigenvalue weighted by Crippen LogP contribution is 2.21. The number of carbonyl (C=O) groups is 2. The Balaban J connectivity index is 2.63. The summed E-state index contributed by atoms with van der Waals surface area (Å²) in [6, 6.07) is 3.82. The number of carboxylic acid groups (broad SMARTS) is 1. The van der Waals surface area contributed by atoms with Gasteiger partial charge < -0.3 is 20.5 Å². The summed E-state index contributed by atoms with van der Waals surface area (Å²) in [4.78, 5) is 22.9. The van der Waals surface area contributed by atoms with Gasteiger partial charge in [-0.15, -0.1) is 0 Å². The van der Waals surface area contributed by atoms with Gasteiger partial charge in [-0.05, 0) is 37.1 Å². The first-order chi connectivity index (χ1) is 9.97. The predicted octanol–water partition coefficient (Wildman–Crippen LogP) is 2.77. The largest absolute Gasteiger partial charge is 0.496 e. The Labute approximate surface area is 124 Å². The van der Waals surface area contributed by atoms with E-state index < -0.39 is 18.0 Å². The lowest BCUT2D eigenvalue weighted by atomic mass is 10.1. The minimum atomic E-state index is -1.02. The fourth-order valence-corrected chi connectivity index (χ4v) is 1.95. The number of amides is 2. The number of ether oxygens (including phenoxy) is 1. The van der Waals surface area contributed by atoms with Gasteiger partial charge in [0.05, 0.1) is 7.11 Å². The summed E-state index contributed by atoms with van der Waals surface area (Å²) in [5.74, 6) is -0.295. The molecule has 1 atom stereocenters. The summed E-state index contributed by atoms with van der Waals surface area (Å²) in [6.07, 6.45) is 2.05. The average Bonchev–Trinajstić information content (AvgIpc) is 2.43. The molecule has 1 aromatic rings. The SMILES string of the molecule is CCCC[C@H](NC(=O)Nc1ccc(OC)c(C)c1)C(=O)O. The van der Waals surface area contributed by atoms with Crippen LogP contribution in [-0.2, 0) is 4.79 Å². The van der Waals surface area contributed by atoms with Crippen LogP contribution in [0.15, 0.2) is 18.2 Å². The van der Waals surface area contributed by atoms with Crippen LogP contribution in [0, 0.1) is 6.92 Å². The molecule has 0 unspecified atom stereocenters. The van der Waals surface area contributed by atoms with Gasteiger partial charge in [-0.1, -0.05) is 19.8 Å². The topological polar surface area (TPSA) is 87.7 Å². The fourth-order valence-electron chi connectivity index (χ4n) is 1.95. The lowest BCUT2D eigenvalue weighted by Crippen LogP contribution is -2.42. The van der Waals surface area contributed by atoms with Crippen LogP contribution < -0.4 is 15.4 Å². The Morgan fingerprint density at radius 1 is 1.38 bits per heavy atom. The number of anilines is 1. The van der Waals surface area contributed by atoms with Gasteiger partial charge in [0.2, 0.25) is 0 Å². The highest BCUT2D eigenvalue weighted by Gasteiger charge is 2.19. The van der Waals surface area contributed by atoms with E-state index in [0.29, 0.717) is 12.1 Å². The van der Waals surface area contributed by atoms with Crippen LogP contribution >= 0.6 is 0 Å². The van der Waals surface area contributed by atoms with Gasteiger partial charge in [0, 0.05) is 5.69 Å². The van der Waals surface area contributed by atoms with E-state index in [1.54, 1.807) is 25.3 Å². The van der Waals surface area contributed by atoms with Crippen molar-refractivity contribution in [2.75, 3.05) is 12.4 Å². The highest BCUT2D eigenvalue weighted by molar-refractivity contribution is 5.92. The Morgan fingerprint density at radius 2 is 2.10 bits per heavy atom. The van der Waals surface area contributed by atoms with Crippen molar-refractivity contribution in [1.29, 1.82) is 0 Å². The Hall–Kier alpha value is -2.24. The van der Waals surface area contributed by atoms with Crippen molar-refractivity contribution in [3.8, 4) is 5.75 Å². The van der Waals surface area contributed by atoms with Crippen LogP contribution in [0.4, 0.5) is 10.5 Å². The second kappa shape index (κ2) is 8.14. The monoisotopic (exact) mass is 294 g/mol. The smallest absolute Gasteiger partial charge is 0.326 e. The summed E-state index contributed by atoms with van der Waals surface area (Å²) in [5, 5.41) is 14.2. The molecular formula is C15H22N2O4.